The Bertz CT molecular complexity index is 623. The quantitative estimate of drug-likeness (QED) is 0.819. The Kier molecular flexibility index (Phi) is 4.37. The van der Waals surface area contributed by atoms with Gasteiger partial charge in [0.25, 0.3) is 0 Å². The molecule has 4 rings (SSSR count). The van der Waals surface area contributed by atoms with Crippen LogP contribution in [-0.4, -0.2) is 32.7 Å². The van der Waals surface area contributed by atoms with Gasteiger partial charge in [-0.2, -0.15) is 0 Å². The molecular weight excluding hydrogens is 288 g/mol. The summed E-state index contributed by atoms with van der Waals surface area (Å²) in [6.45, 7) is 1.93. The van der Waals surface area contributed by atoms with Gasteiger partial charge in [0.1, 0.15) is 0 Å². The van der Waals surface area contributed by atoms with E-state index in [9.17, 15) is 0 Å². The first-order chi connectivity index (χ1) is 11.4. The molecule has 1 atom stereocenters. The monoisotopic (exact) mass is 312 g/mol. The smallest absolute Gasteiger partial charge is 0.230 e. The van der Waals surface area contributed by atoms with Gasteiger partial charge in [0.05, 0.1) is 6.54 Å². The zero-order valence-corrected chi connectivity index (χ0v) is 13.5. The molecule has 2 aromatic rings. The Morgan fingerprint density at radius 2 is 2.09 bits per heavy atom. The largest absolute Gasteiger partial charge is 0.424 e. The second-order valence-corrected chi connectivity index (χ2v) is 6.79. The maximum atomic E-state index is 5.85. The molecule has 1 aliphatic carbocycles. The number of likely N-dealkylation sites (tertiary alicyclic amines) is 1. The van der Waals surface area contributed by atoms with E-state index in [1.807, 2.05) is 12.3 Å². The van der Waals surface area contributed by atoms with Gasteiger partial charge in [-0.25, -0.2) is 0 Å². The van der Waals surface area contributed by atoms with Gasteiger partial charge in [-0.15, -0.1) is 10.2 Å². The molecule has 0 N–H and O–H groups in total. The van der Waals surface area contributed by atoms with Crippen LogP contribution in [0.5, 0.6) is 0 Å². The number of nitrogens with zero attached hydrogens (tertiary/aromatic N) is 4. The molecule has 23 heavy (non-hydrogen) atoms. The summed E-state index contributed by atoms with van der Waals surface area (Å²) in [6.07, 6.45) is 10.3. The Balaban J connectivity index is 1.36. The van der Waals surface area contributed by atoms with Crippen molar-refractivity contribution < 1.29 is 4.42 Å². The van der Waals surface area contributed by atoms with Crippen LogP contribution in [0.2, 0.25) is 0 Å². The summed E-state index contributed by atoms with van der Waals surface area (Å²) in [5, 5.41) is 8.46. The number of aryl methyl sites for hydroxylation is 1. The van der Waals surface area contributed by atoms with Crippen molar-refractivity contribution in [2.24, 2.45) is 0 Å². The molecular formula is C18H24N4O. The number of pyridine rings is 1. The summed E-state index contributed by atoms with van der Waals surface area (Å²) in [5.41, 5.74) is 1.19. The van der Waals surface area contributed by atoms with Crippen LogP contribution < -0.4 is 0 Å². The average Bonchev–Trinajstić information content (AvgIpc) is 3.35. The Morgan fingerprint density at radius 1 is 1.13 bits per heavy atom. The van der Waals surface area contributed by atoms with E-state index in [1.165, 1.54) is 37.8 Å². The van der Waals surface area contributed by atoms with E-state index in [4.69, 9.17) is 4.42 Å². The van der Waals surface area contributed by atoms with E-state index in [0.717, 1.165) is 37.7 Å². The molecule has 1 saturated heterocycles. The van der Waals surface area contributed by atoms with Crippen LogP contribution >= 0.6 is 0 Å². The lowest BCUT2D eigenvalue weighted by molar-refractivity contribution is 0.120. The lowest BCUT2D eigenvalue weighted by Gasteiger charge is -2.34. The van der Waals surface area contributed by atoms with Crippen LogP contribution in [0.3, 0.4) is 0 Å². The minimum atomic E-state index is 0.539. The normalized spacial score (nSPS) is 22.3. The highest BCUT2D eigenvalue weighted by molar-refractivity contribution is 5.04. The first kappa shape index (κ1) is 14.8. The van der Waals surface area contributed by atoms with Crippen molar-refractivity contribution in [2.45, 2.75) is 63.5 Å². The zero-order chi connectivity index (χ0) is 15.5. The number of aromatic nitrogens is 3. The molecule has 1 aliphatic heterocycles. The van der Waals surface area contributed by atoms with E-state index in [2.05, 4.69) is 32.2 Å². The fourth-order valence-corrected chi connectivity index (χ4v) is 3.46. The van der Waals surface area contributed by atoms with E-state index in [-0.39, 0.29) is 0 Å². The maximum Gasteiger partial charge on any atom is 0.230 e. The van der Waals surface area contributed by atoms with Crippen LogP contribution in [0, 0.1) is 0 Å². The molecule has 5 heteroatoms. The SMILES string of the molecule is c1ccc(CCC2CCCCN2Cc2nnc(C3CC3)o2)nc1. The van der Waals surface area contributed by atoms with Crippen LogP contribution in [0.4, 0.5) is 0 Å². The molecule has 0 amide bonds. The van der Waals surface area contributed by atoms with Gasteiger partial charge in [0.15, 0.2) is 0 Å². The van der Waals surface area contributed by atoms with Gasteiger partial charge in [-0.3, -0.25) is 9.88 Å². The van der Waals surface area contributed by atoms with Gasteiger partial charge in [0.2, 0.25) is 11.8 Å². The summed E-state index contributed by atoms with van der Waals surface area (Å²) in [6, 6.07) is 6.76. The summed E-state index contributed by atoms with van der Waals surface area (Å²) in [4.78, 5) is 6.97. The summed E-state index contributed by atoms with van der Waals surface area (Å²) >= 11 is 0. The lowest BCUT2D eigenvalue weighted by atomic mass is 9.97. The molecule has 0 aromatic carbocycles. The highest BCUT2D eigenvalue weighted by atomic mass is 16.4. The van der Waals surface area contributed by atoms with Crippen LogP contribution in [0.25, 0.3) is 0 Å². The van der Waals surface area contributed by atoms with Crippen LogP contribution in [0.15, 0.2) is 28.8 Å². The Morgan fingerprint density at radius 3 is 2.91 bits per heavy atom. The molecule has 5 nitrogen and oxygen atoms in total. The van der Waals surface area contributed by atoms with Crippen molar-refractivity contribution in [2.75, 3.05) is 6.54 Å². The van der Waals surface area contributed by atoms with Gasteiger partial charge in [0, 0.05) is 23.9 Å². The Hall–Kier alpha value is -1.75. The number of rotatable bonds is 6. The summed E-state index contributed by atoms with van der Waals surface area (Å²) < 4.78 is 5.85. The third-order valence-electron chi connectivity index (χ3n) is 4.96. The zero-order valence-electron chi connectivity index (χ0n) is 13.5. The molecule has 0 spiro atoms. The highest BCUT2D eigenvalue weighted by Gasteiger charge is 2.30. The van der Waals surface area contributed by atoms with Crippen molar-refractivity contribution in [1.29, 1.82) is 0 Å². The van der Waals surface area contributed by atoms with Crippen LogP contribution in [-0.2, 0) is 13.0 Å². The molecule has 2 aliphatic rings. The predicted octanol–water partition coefficient (Wildman–Crippen LogP) is 3.33. The molecule has 1 saturated carbocycles. The molecule has 1 unspecified atom stereocenters. The van der Waals surface area contributed by atoms with Gasteiger partial charge >= 0.3 is 0 Å². The van der Waals surface area contributed by atoms with Gasteiger partial charge < -0.3 is 4.42 Å². The second kappa shape index (κ2) is 6.79. The third kappa shape index (κ3) is 3.78. The van der Waals surface area contributed by atoms with Gasteiger partial charge in [-0.1, -0.05) is 12.5 Å². The Labute approximate surface area is 137 Å². The van der Waals surface area contributed by atoms with Gasteiger partial charge in [-0.05, 0) is 57.2 Å². The van der Waals surface area contributed by atoms with E-state index >= 15 is 0 Å². The van der Waals surface area contributed by atoms with Crippen molar-refractivity contribution >= 4 is 0 Å². The topological polar surface area (TPSA) is 55.1 Å². The molecule has 0 bridgehead atoms. The fourth-order valence-electron chi connectivity index (χ4n) is 3.46. The van der Waals surface area contributed by atoms with Crippen molar-refractivity contribution in [3.8, 4) is 0 Å². The van der Waals surface area contributed by atoms with Crippen LogP contribution in [0.1, 0.15) is 61.9 Å². The molecule has 3 heterocycles. The minimum absolute atomic E-state index is 0.539. The van der Waals surface area contributed by atoms with Crippen molar-refractivity contribution in [3.63, 3.8) is 0 Å². The number of hydrogen-bond acceptors (Lipinski definition) is 5. The standard InChI is InChI=1S/C18H24N4O/c1-3-11-19-15(5-1)9-10-16-6-2-4-12-22(16)13-17-20-21-18(23-17)14-7-8-14/h1,3,5,11,14,16H,2,4,6-10,12-13H2. The predicted molar refractivity (Wildman–Crippen MR) is 86.9 cm³/mol. The first-order valence-corrected chi connectivity index (χ1v) is 8.85. The van der Waals surface area contributed by atoms with E-state index in [1.54, 1.807) is 0 Å². The second-order valence-electron chi connectivity index (χ2n) is 6.79. The minimum Gasteiger partial charge on any atom is -0.424 e. The summed E-state index contributed by atoms with van der Waals surface area (Å²) in [5.74, 6) is 2.18. The molecule has 2 aromatic heterocycles. The first-order valence-electron chi connectivity index (χ1n) is 8.85. The number of hydrogen-bond donors (Lipinski definition) is 0. The lowest BCUT2D eigenvalue weighted by Crippen LogP contribution is -2.39. The fraction of sp³-hybridized carbons (Fsp3) is 0.611. The van der Waals surface area contributed by atoms with Crippen molar-refractivity contribution in [3.05, 3.63) is 41.9 Å². The molecule has 122 valence electrons. The van der Waals surface area contributed by atoms with Crippen molar-refractivity contribution in [1.82, 2.24) is 20.1 Å². The highest BCUT2D eigenvalue weighted by Crippen LogP contribution is 2.39. The number of piperidine rings is 1. The van der Waals surface area contributed by atoms with E-state index in [0.29, 0.717) is 12.0 Å². The van der Waals surface area contributed by atoms with E-state index < -0.39 is 0 Å². The average molecular weight is 312 g/mol. The molecule has 0 radical (unpaired) electrons. The summed E-state index contributed by atoms with van der Waals surface area (Å²) in [7, 11) is 0. The molecule has 2 fully saturated rings. The maximum absolute atomic E-state index is 5.85. The third-order valence-corrected chi connectivity index (χ3v) is 4.96.